The summed E-state index contributed by atoms with van der Waals surface area (Å²) < 4.78 is 0. The molecule has 1 aliphatic rings. The fraction of sp³-hybridized carbons (Fsp3) is 0.700. The van der Waals surface area contributed by atoms with Gasteiger partial charge in [0.05, 0.1) is 0 Å². The Balaban J connectivity index is 3.03. The van der Waals surface area contributed by atoms with E-state index in [1.807, 2.05) is 20.8 Å². The van der Waals surface area contributed by atoms with Crippen molar-refractivity contribution in [1.29, 1.82) is 0 Å². The summed E-state index contributed by atoms with van der Waals surface area (Å²) in [5.74, 6) is -1.70. The van der Waals surface area contributed by atoms with E-state index in [0.717, 1.165) is 4.90 Å². The topological polar surface area (TPSA) is 86.7 Å². The summed E-state index contributed by atoms with van der Waals surface area (Å²) >= 11 is 0. The van der Waals surface area contributed by atoms with Gasteiger partial charge in [-0.15, -0.1) is 0 Å². The molecule has 0 aliphatic carbocycles. The van der Waals surface area contributed by atoms with Crippen LogP contribution < -0.4 is 5.32 Å². The zero-order chi connectivity index (χ0) is 12.7. The quantitative estimate of drug-likeness (QED) is 0.671. The minimum atomic E-state index is -1.21. The molecule has 16 heavy (non-hydrogen) atoms. The number of amides is 3. The van der Waals surface area contributed by atoms with Gasteiger partial charge in [-0.3, -0.25) is 14.5 Å². The molecule has 0 saturated carbocycles. The second-order valence-corrected chi connectivity index (χ2v) is 5.09. The minimum absolute atomic E-state index is 0.479. The maximum Gasteiger partial charge on any atom is 0.325 e. The molecule has 0 radical (unpaired) electrons. The van der Waals surface area contributed by atoms with Crippen LogP contribution in [0.2, 0.25) is 0 Å². The number of nitrogens with one attached hydrogen (secondary N) is 1. The van der Waals surface area contributed by atoms with E-state index in [1.165, 1.54) is 0 Å². The molecule has 0 aromatic heterocycles. The van der Waals surface area contributed by atoms with Crippen LogP contribution >= 0.6 is 0 Å². The van der Waals surface area contributed by atoms with Crippen LogP contribution in [0.1, 0.15) is 27.7 Å². The molecule has 0 bridgehead atoms. The summed E-state index contributed by atoms with van der Waals surface area (Å²) in [6, 6.07) is -0.648. The molecule has 0 spiro atoms. The lowest BCUT2D eigenvalue weighted by Crippen LogP contribution is -2.54. The normalized spacial score (nSPS) is 25.9. The lowest BCUT2D eigenvalue weighted by Gasteiger charge is -2.35. The Morgan fingerprint density at radius 3 is 2.25 bits per heavy atom. The number of carbonyl (C=O) groups is 3. The highest BCUT2D eigenvalue weighted by molar-refractivity contribution is 6.08. The molecule has 1 unspecified atom stereocenters. The van der Waals surface area contributed by atoms with Gasteiger partial charge in [0.25, 0.3) is 5.91 Å². The zero-order valence-corrected chi connectivity index (χ0v) is 9.83. The van der Waals surface area contributed by atoms with Gasteiger partial charge in [-0.2, -0.15) is 0 Å². The van der Waals surface area contributed by atoms with Crippen LogP contribution in [0.5, 0.6) is 0 Å². The maximum atomic E-state index is 12.0. The van der Waals surface area contributed by atoms with Crippen molar-refractivity contribution in [2.24, 2.45) is 5.41 Å². The summed E-state index contributed by atoms with van der Waals surface area (Å²) in [6.07, 6.45) is 0. The van der Waals surface area contributed by atoms with Crippen molar-refractivity contribution in [2.75, 3.05) is 6.54 Å². The van der Waals surface area contributed by atoms with Crippen LogP contribution in [-0.4, -0.2) is 40.0 Å². The molecule has 0 aromatic carbocycles. The van der Waals surface area contributed by atoms with Gasteiger partial charge in [0.1, 0.15) is 12.1 Å². The first-order valence-electron chi connectivity index (χ1n) is 4.95. The number of nitrogens with zero attached hydrogens (tertiary/aromatic N) is 1. The highest BCUT2D eigenvalue weighted by Gasteiger charge is 2.54. The molecule has 6 nitrogen and oxygen atoms in total. The number of imide groups is 1. The van der Waals surface area contributed by atoms with Crippen LogP contribution in [0, 0.1) is 5.41 Å². The molecule has 6 heteroatoms. The molecule has 1 atom stereocenters. The minimum Gasteiger partial charge on any atom is -0.480 e. The smallest absolute Gasteiger partial charge is 0.325 e. The summed E-state index contributed by atoms with van der Waals surface area (Å²) in [4.78, 5) is 34.8. The third-order valence-corrected chi connectivity index (χ3v) is 3.07. The molecule has 1 saturated heterocycles. The monoisotopic (exact) mass is 228 g/mol. The second-order valence-electron chi connectivity index (χ2n) is 5.09. The SMILES string of the molecule is CC(C)(C)C1(C)NC(=O)N(CC(=O)O)C1=O. The standard InChI is InChI=1S/C10H16N2O4/c1-9(2,3)10(4)7(15)12(5-6(13)14)8(16)11-10/h5H2,1-4H3,(H,11,16)(H,13,14). The van der Waals surface area contributed by atoms with Gasteiger partial charge in [-0.05, 0) is 12.3 Å². The largest absolute Gasteiger partial charge is 0.480 e. The molecule has 1 fully saturated rings. The molecule has 1 rings (SSSR count). The van der Waals surface area contributed by atoms with Gasteiger partial charge in [-0.25, -0.2) is 4.79 Å². The molecule has 90 valence electrons. The van der Waals surface area contributed by atoms with Crippen LogP contribution in [0.25, 0.3) is 0 Å². The van der Waals surface area contributed by atoms with Gasteiger partial charge in [0, 0.05) is 0 Å². The number of carboxylic acids is 1. The van der Waals surface area contributed by atoms with Crippen molar-refractivity contribution >= 4 is 17.9 Å². The first-order valence-corrected chi connectivity index (χ1v) is 4.95. The van der Waals surface area contributed by atoms with Gasteiger partial charge in [0.15, 0.2) is 0 Å². The molecular formula is C10H16N2O4. The highest BCUT2D eigenvalue weighted by Crippen LogP contribution is 2.35. The van der Waals surface area contributed by atoms with Gasteiger partial charge in [-0.1, -0.05) is 20.8 Å². The third-order valence-electron chi connectivity index (χ3n) is 3.07. The molecule has 3 amide bonds. The van der Waals surface area contributed by atoms with Crippen molar-refractivity contribution < 1.29 is 19.5 Å². The Labute approximate surface area is 93.6 Å². The van der Waals surface area contributed by atoms with Crippen LogP contribution in [0.4, 0.5) is 4.79 Å². The molecule has 1 aliphatic heterocycles. The molecule has 0 aromatic rings. The van der Waals surface area contributed by atoms with Gasteiger partial charge >= 0.3 is 12.0 Å². The van der Waals surface area contributed by atoms with E-state index in [-0.39, 0.29) is 0 Å². The lowest BCUT2D eigenvalue weighted by atomic mass is 9.75. The first kappa shape index (κ1) is 12.5. The number of carbonyl (C=O) groups excluding carboxylic acids is 2. The van der Waals surface area contributed by atoms with E-state index in [0.29, 0.717) is 0 Å². The Kier molecular flexibility index (Phi) is 2.70. The molecular weight excluding hydrogens is 212 g/mol. The van der Waals surface area contributed by atoms with Crippen molar-refractivity contribution in [1.82, 2.24) is 10.2 Å². The number of urea groups is 1. The molecule has 1 heterocycles. The maximum absolute atomic E-state index is 12.0. The van der Waals surface area contributed by atoms with Crippen molar-refractivity contribution in [3.8, 4) is 0 Å². The van der Waals surface area contributed by atoms with Crippen molar-refractivity contribution in [2.45, 2.75) is 33.2 Å². The van der Waals surface area contributed by atoms with Crippen molar-refractivity contribution in [3.63, 3.8) is 0 Å². The number of carboxylic acid groups (broad SMARTS) is 1. The number of hydrogen-bond acceptors (Lipinski definition) is 3. The van der Waals surface area contributed by atoms with E-state index >= 15 is 0 Å². The molecule has 2 N–H and O–H groups in total. The van der Waals surface area contributed by atoms with E-state index in [9.17, 15) is 14.4 Å². The number of hydrogen-bond donors (Lipinski definition) is 2. The summed E-state index contributed by atoms with van der Waals surface area (Å²) in [6.45, 7) is 6.45. The van der Waals surface area contributed by atoms with Crippen molar-refractivity contribution in [3.05, 3.63) is 0 Å². The van der Waals surface area contributed by atoms with E-state index in [4.69, 9.17) is 5.11 Å². The van der Waals surface area contributed by atoms with Gasteiger partial charge < -0.3 is 10.4 Å². The number of aliphatic carboxylic acids is 1. The van der Waals surface area contributed by atoms with E-state index < -0.39 is 35.4 Å². The second kappa shape index (κ2) is 3.47. The van der Waals surface area contributed by atoms with Crippen LogP contribution in [0.15, 0.2) is 0 Å². The average Bonchev–Trinajstić information content (AvgIpc) is 2.28. The summed E-state index contributed by atoms with van der Waals surface area (Å²) in [7, 11) is 0. The summed E-state index contributed by atoms with van der Waals surface area (Å²) in [5, 5.41) is 11.2. The fourth-order valence-electron chi connectivity index (χ4n) is 1.48. The van der Waals surface area contributed by atoms with E-state index in [2.05, 4.69) is 5.32 Å². The third kappa shape index (κ3) is 1.75. The highest BCUT2D eigenvalue weighted by atomic mass is 16.4. The average molecular weight is 228 g/mol. The Morgan fingerprint density at radius 2 is 1.94 bits per heavy atom. The first-order chi connectivity index (χ1) is 7.09. The van der Waals surface area contributed by atoms with E-state index in [1.54, 1.807) is 6.92 Å². The summed E-state index contributed by atoms with van der Waals surface area (Å²) in [5.41, 5.74) is -1.54. The van der Waals surface area contributed by atoms with Gasteiger partial charge in [0.2, 0.25) is 0 Å². The lowest BCUT2D eigenvalue weighted by molar-refractivity contribution is -0.143. The van der Waals surface area contributed by atoms with Crippen LogP contribution in [-0.2, 0) is 9.59 Å². The predicted octanol–water partition coefficient (Wildman–Crippen LogP) is 0.428. The Hall–Kier alpha value is -1.59. The van der Waals surface area contributed by atoms with Crippen LogP contribution in [0.3, 0.4) is 0 Å². The number of rotatable bonds is 2. The zero-order valence-electron chi connectivity index (χ0n) is 9.83. The Morgan fingerprint density at radius 1 is 1.44 bits per heavy atom. The Bertz CT molecular complexity index is 358. The fourth-order valence-corrected chi connectivity index (χ4v) is 1.48. The predicted molar refractivity (Wildman–Crippen MR) is 55.7 cm³/mol.